The molecule has 0 aliphatic heterocycles. The molecule has 1 aromatic heterocycles. The standard InChI is InChI=1S/C12H9ClF3NO2S/c13-5-8-7-20-11(17-8)6-18-9-1-3-10(4-2-9)19-12(14,15)16/h1-4,7H,5-6H2. The van der Waals surface area contributed by atoms with Gasteiger partial charge in [0, 0.05) is 5.38 Å². The minimum atomic E-state index is -4.69. The lowest BCUT2D eigenvalue weighted by Crippen LogP contribution is -2.16. The van der Waals surface area contributed by atoms with E-state index in [2.05, 4.69) is 9.72 Å². The van der Waals surface area contributed by atoms with Crippen LogP contribution in [0.25, 0.3) is 0 Å². The normalized spacial score (nSPS) is 11.4. The molecule has 0 bridgehead atoms. The summed E-state index contributed by atoms with van der Waals surface area (Å²) in [5.41, 5.74) is 0.768. The third-order valence-corrected chi connectivity index (χ3v) is 3.30. The first-order valence-electron chi connectivity index (χ1n) is 5.44. The Labute approximate surface area is 121 Å². The SMILES string of the molecule is FC(F)(F)Oc1ccc(OCc2nc(CCl)cs2)cc1. The number of nitrogens with zero attached hydrogens (tertiary/aromatic N) is 1. The summed E-state index contributed by atoms with van der Waals surface area (Å²) < 4.78 is 45.1. The van der Waals surface area contributed by atoms with Crippen molar-refractivity contribution in [2.75, 3.05) is 0 Å². The van der Waals surface area contributed by atoms with Gasteiger partial charge in [-0.3, -0.25) is 0 Å². The minimum absolute atomic E-state index is 0.237. The predicted molar refractivity (Wildman–Crippen MR) is 69.1 cm³/mol. The molecule has 8 heteroatoms. The summed E-state index contributed by atoms with van der Waals surface area (Å²) in [6, 6.07) is 5.18. The van der Waals surface area contributed by atoms with Crippen molar-refractivity contribution >= 4 is 22.9 Å². The van der Waals surface area contributed by atoms with Crippen molar-refractivity contribution in [2.24, 2.45) is 0 Å². The highest BCUT2D eigenvalue weighted by atomic mass is 35.5. The second-order valence-corrected chi connectivity index (χ2v) is 4.88. The van der Waals surface area contributed by atoms with Gasteiger partial charge in [0.05, 0.1) is 11.6 Å². The lowest BCUT2D eigenvalue weighted by molar-refractivity contribution is -0.274. The predicted octanol–water partition coefficient (Wildman–Crippen LogP) is 4.36. The molecule has 0 amide bonds. The Kier molecular flexibility index (Phi) is 4.72. The van der Waals surface area contributed by atoms with Crippen molar-refractivity contribution in [3.8, 4) is 11.5 Å². The molecule has 20 heavy (non-hydrogen) atoms. The molecule has 0 aliphatic rings. The molecule has 3 nitrogen and oxygen atoms in total. The molecule has 0 fully saturated rings. The number of thiazole rings is 1. The highest BCUT2D eigenvalue weighted by Gasteiger charge is 2.30. The number of hydrogen-bond donors (Lipinski definition) is 0. The second kappa shape index (κ2) is 6.32. The summed E-state index contributed by atoms with van der Waals surface area (Å²) in [5.74, 6) is 0.477. The highest BCUT2D eigenvalue weighted by Crippen LogP contribution is 2.25. The average Bonchev–Trinajstić information content (AvgIpc) is 2.84. The van der Waals surface area contributed by atoms with Gasteiger partial charge in [-0.05, 0) is 24.3 Å². The first kappa shape index (κ1) is 14.9. The lowest BCUT2D eigenvalue weighted by Gasteiger charge is -2.09. The summed E-state index contributed by atoms with van der Waals surface area (Å²) in [7, 11) is 0. The number of halogens is 4. The van der Waals surface area contributed by atoms with Gasteiger partial charge in [0.25, 0.3) is 0 Å². The zero-order valence-electron chi connectivity index (χ0n) is 9.98. The van der Waals surface area contributed by atoms with Crippen molar-refractivity contribution < 1.29 is 22.6 Å². The van der Waals surface area contributed by atoms with Crippen LogP contribution in [0.4, 0.5) is 13.2 Å². The summed E-state index contributed by atoms with van der Waals surface area (Å²) in [6.45, 7) is 0.237. The van der Waals surface area contributed by atoms with Gasteiger partial charge in [-0.2, -0.15) is 0 Å². The quantitative estimate of drug-likeness (QED) is 0.766. The number of aromatic nitrogens is 1. The zero-order chi connectivity index (χ0) is 14.6. The van der Waals surface area contributed by atoms with Crippen LogP contribution in [0.5, 0.6) is 11.5 Å². The van der Waals surface area contributed by atoms with E-state index in [1.807, 2.05) is 5.38 Å². The molecular formula is C12H9ClF3NO2S. The Hall–Kier alpha value is -1.47. The molecule has 0 saturated carbocycles. The van der Waals surface area contributed by atoms with Crippen LogP contribution in [0.15, 0.2) is 29.6 Å². The van der Waals surface area contributed by atoms with Crippen LogP contribution in [-0.2, 0) is 12.5 Å². The largest absolute Gasteiger partial charge is 0.573 e. The van der Waals surface area contributed by atoms with Crippen LogP contribution in [0.2, 0.25) is 0 Å². The molecule has 2 rings (SSSR count). The van der Waals surface area contributed by atoms with Gasteiger partial charge >= 0.3 is 6.36 Å². The maximum Gasteiger partial charge on any atom is 0.573 e. The molecule has 2 aromatic rings. The van der Waals surface area contributed by atoms with Gasteiger partial charge in [-0.15, -0.1) is 36.1 Å². The zero-order valence-corrected chi connectivity index (χ0v) is 11.6. The maximum absolute atomic E-state index is 12.0. The van der Waals surface area contributed by atoms with E-state index in [0.717, 1.165) is 10.7 Å². The Morgan fingerprint density at radius 3 is 2.35 bits per heavy atom. The van der Waals surface area contributed by atoms with Crippen molar-refractivity contribution in [2.45, 2.75) is 18.8 Å². The second-order valence-electron chi connectivity index (χ2n) is 3.67. The van der Waals surface area contributed by atoms with E-state index in [1.54, 1.807) is 0 Å². The highest BCUT2D eigenvalue weighted by molar-refractivity contribution is 7.09. The minimum Gasteiger partial charge on any atom is -0.486 e. The molecule has 108 valence electrons. The Bertz CT molecular complexity index is 557. The lowest BCUT2D eigenvalue weighted by atomic mass is 10.3. The Balaban J connectivity index is 1.90. The van der Waals surface area contributed by atoms with Crippen molar-refractivity contribution in [3.63, 3.8) is 0 Å². The summed E-state index contributed by atoms with van der Waals surface area (Å²) in [5, 5.41) is 2.57. The average molecular weight is 324 g/mol. The molecule has 0 N–H and O–H groups in total. The third-order valence-electron chi connectivity index (χ3n) is 2.16. The van der Waals surface area contributed by atoms with E-state index in [-0.39, 0.29) is 12.4 Å². The smallest absolute Gasteiger partial charge is 0.486 e. The molecular weight excluding hydrogens is 315 g/mol. The molecule has 0 saturated heterocycles. The van der Waals surface area contributed by atoms with Gasteiger partial charge < -0.3 is 9.47 Å². The summed E-state index contributed by atoms with van der Waals surface area (Å²) in [4.78, 5) is 4.20. The van der Waals surface area contributed by atoms with Gasteiger partial charge in [-0.1, -0.05) is 0 Å². The Morgan fingerprint density at radius 2 is 1.80 bits per heavy atom. The number of rotatable bonds is 5. The number of hydrogen-bond acceptors (Lipinski definition) is 4. The van der Waals surface area contributed by atoms with Gasteiger partial charge in [0.15, 0.2) is 0 Å². The third kappa shape index (κ3) is 4.57. The van der Waals surface area contributed by atoms with Crippen LogP contribution < -0.4 is 9.47 Å². The Morgan fingerprint density at radius 1 is 1.15 bits per heavy atom. The van der Waals surface area contributed by atoms with E-state index in [4.69, 9.17) is 16.3 Å². The van der Waals surface area contributed by atoms with E-state index in [1.165, 1.54) is 35.6 Å². The number of alkyl halides is 4. The molecule has 1 aromatic carbocycles. The maximum atomic E-state index is 12.0. The van der Waals surface area contributed by atoms with Crippen LogP contribution in [0.1, 0.15) is 10.7 Å². The first-order valence-corrected chi connectivity index (χ1v) is 6.85. The fourth-order valence-electron chi connectivity index (χ4n) is 1.36. The van der Waals surface area contributed by atoms with E-state index >= 15 is 0 Å². The fraction of sp³-hybridized carbons (Fsp3) is 0.250. The summed E-state index contributed by atoms with van der Waals surface area (Å²) in [6.07, 6.45) is -4.69. The van der Waals surface area contributed by atoms with Gasteiger partial charge in [0.2, 0.25) is 0 Å². The molecule has 0 unspecified atom stereocenters. The number of benzene rings is 1. The molecule has 0 radical (unpaired) electrons. The van der Waals surface area contributed by atoms with Gasteiger partial charge in [-0.25, -0.2) is 4.98 Å². The van der Waals surface area contributed by atoms with Crippen molar-refractivity contribution in [3.05, 3.63) is 40.3 Å². The van der Waals surface area contributed by atoms with E-state index in [9.17, 15) is 13.2 Å². The first-order chi connectivity index (χ1) is 9.46. The van der Waals surface area contributed by atoms with E-state index in [0.29, 0.717) is 11.6 Å². The van der Waals surface area contributed by atoms with E-state index < -0.39 is 6.36 Å². The van der Waals surface area contributed by atoms with Gasteiger partial charge in [0.1, 0.15) is 23.1 Å². The molecule has 0 spiro atoms. The van der Waals surface area contributed by atoms with Crippen LogP contribution >= 0.6 is 22.9 Å². The van der Waals surface area contributed by atoms with Crippen LogP contribution in [-0.4, -0.2) is 11.3 Å². The fourth-order valence-corrected chi connectivity index (χ4v) is 2.29. The summed E-state index contributed by atoms with van der Waals surface area (Å²) >= 11 is 7.04. The molecule has 1 heterocycles. The number of ether oxygens (including phenoxy) is 2. The van der Waals surface area contributed by atoms with Crippen molar-refractivity contribution in [1.29, 1.82) is 0 Å². The topological polar surface area (TPSA) is 31.4 Å². The molecule has 0 aliphatic carbocycles. The monoisotopic (exact) mass is 323 g/mol. The van der Waals surface area contributed by atoms with Crippen LogP contribution in [0.3, 0.4) is 0 Å². The van der Waals surface area contributed by atoms with Crippen LogP contribution in [0, 0.1) is 0 Å². The van der Waals surface area contributed by atoms with Crippen molar-refractivity contribution in [1.82, 2.24) is 4.98 Å². The molecule has 0 atom stereocenters.